The molecule has 0 heterocycles. The van der Waals surface area contributed by atoms with E-state index in [9.17, 15) is 9.18 Å². The number of hydroxylamine groups is 1. The molecule has 0 unspecified atom stereocenters. The van der Waals surface area contributed by atoms with Crippen LogP contribution in [0.4, 0.5) is 10.1 Å². The van der Waals surface area contributed by atoms with Gasteiger partial charge in [-0.15, -0.1) is 0 Å². The molecule has 1 aromatic rings. The second kappa shape index (κ2) is 4.57. The normalized spacial score (nSPS) is 9.86. The summed E-state index contributed by atoms with van der Waals surface area (Å²) in [5.74, 6) is -0.989. The van der Waals surface area contributed by atoms with Crippen molar-refractivity contribution >= 4 is 11.6 Å². The van der Waals surface area contributed by atoms with Gasteiger partial charge < -0.3 is 5.73 Å². The van der Waals surface area contributed by atoms with Crippen LogP contribution in [0.5, 0.6) is 0 Å². The van der Waals surface area contributed by atoms with Crippen molar-refractivity contribution in [2.75, 3.05) is 12.3 Å². The van der Waals surface area contributed by atoms with Gasteiger partial charge in [0, 0.05) is 5.56 Å². The van der Waals surface area contributed by atoms with E-state index in [0.29, 0.717) is 6.61 Å². The third-order valence-electron chi connectivity index (χ3n) is 1.57. The van der Waals surface area contributed by atoms with Crippen LogP contribution >= 0.6 is 0 Å². The van der Waals surface area contributed by atoms with Crippen LogP contribution in [0.2, 0.25) is 0 Å². The molecule has 0 bridgehead atoms. The fourth-order valence-electron chi connectivity index (χ4n) is 0.882. The summed E-state index contributed by atoms with van der Waals surface area (Å²) in [5, 5.41) is 0. The second-order valence-electron chi connectivity index (χ2n) is 2.60. The molecule has 3 N–H and O–H groups in total. The van der Waals surface area contributed by atoms with Crippen LogP contribution in [-0.2, 0) is 4.84 Å². The van der Waals surface area contributed by atoms with Crippen LogP contribution in [-0.4, -0.2) is 12.5 Å². The molecule has 0 aliphatic carbocycles. The minimum atomic E-state index is -0.544. The summed E-state index contributed by atoms with van der Waals surface area (Å²) in [7, 11) is 0. The number of carbonyl (C=O) groups is 1. The van der Waals surface area contributed by atoms with Gasteiger partial charge in [-0.05, 0) is 25.1 Å². The lowest BCUT2D eigenvalue weighted by molar-refractivity contribution is 0.0364. The number of hydrogen-bond acceptors (Lipinski definition) is 3. The van der Waals surface area contributed by atoms with E-state index in [2.05, 4.69) is 10.3 Å². The molecule has 0 fully saturated rings. The summed E-state index contributed by atoms with van der Waals surface area (Å²) >= 11 is 0. The molecule has 1 rings (SSSR count). The van der Waals surface area contributed by atoms with Gasteiger partial charge in [0.2, 0.25) is 0 Å². The Bertz CT molecular complexity index is 342. The first kappa shape index (κ1) is 10.5. The Hall–Kier alpha value is -1.62. The Morgan fingerprint density at radius 3 is 2.93 bits per heavy atom. The fraction of sp³-hybridized carbons (Fsp3) is 0.222. The molecule has 0 aliphatic heterocycles. The van der Waals surface area contributed by atoms with Crippen molar-refractivity contribution in [1.82, 2.24) is 5.48 Å². The van der Waals surface area contributed by atoms with Crippen molar-refractivity contribution in [2.45, 2.75) is 6.92 Å². The highest BCUT2D eigenvalue weighted by atomic mass is 19.1. The van der Waals surface area contributed by atoms with Crippen LogP contribution in [0.1, 0.15) is 17.3 Å². The first-order chi connectivity index (χ1) is 6.65. The van der Waals surface area contributed by atoms with E-state index in [-0.39, 0.29) is 11.3 Å². The third kappa shape index (κ3) is 2.43. The van der Waals surface area contributed by atoms with E-state index in [1.807, 2.05) is 0 Å². The average Bonchev–Trinajstić information content (AvgIpc) is 2.18. The number of carbonyl (C=O) groups excluding carboxylic acids is 1. The standard InChI is InChI=1S/C9H11FN2O2/c1-2-14-12-9(13)6-3-4-7(10)8(11)5-6/h3-5H,2,11H2,1H3,(H,12,13). The Morgan fingerprint density at radius 1 is 1.64 bits per heavy atom. The van der Waals surface area contributed by atoms with Gasteiger partial charge in [0.05, 0.1) is 12.3 Å². The molecule has 0 saturated heterocycles. The molecule has 0 saturated carbocycles. The number of hydrogen-bond donors (Lipinski definition) is 2. The lowest BCUT2D eigenvalue weighted by atomic mass is 10.2. The maximum atomic E-state index is 12.7. The van der Waals surface area contributed by atoms with E-state index in [1.54, 1.807) is 6.92 Å². The fourth-order valence-corrected chi connectivity index (χ4v) is 0.882. The van der Waals surface area contributed by atoms with Crippen molar-refractivity contribution in [3.05, 3.63) is 29.6 Å². The van der Waals surface area contributed by atoms with Crippen molar-refractivity contribution in [2.24, 2.45) is 0 Å². The summed E-state index contributed by atoms with van der Waals surface area (Å²) in [4.78, 5) is 15.9. The summed E-state index contributed by atoms with van der Waals surface area (Å²) in [5.41, 5.74) is 7.67. The van der Waals surface area contributed by atoms with Crippen LogP contribution in [0.3, 0.4) is 0 Å². The first-order valence-electron chi connectivity index (χ1n) is 4.12. The van der Waals surface area contributed by atoms with E-state index in [0.717, 1.165) is 6.07 Å². The summed E-state index contributed by atoms with van der Waals surface area (Å²) in [6, 6.07) is 3.72. The Balaban J connectivity index is 2.76. The molecule has 1 aromatic carbocycles. The molecule has 0 aliphatic rings. The molecule has 0 atom stereocenters. The second-order valence-corrected chi connectivity index (χ2v) is 2.60. The predicted octanol–water partition coefficient (Wildman–Crippen LogP) is 1.09. The largest absolute Gasteiger partial charge is 0.396 e. The number of rotatable bonds is 3. The molecule has 0 radical (unpaired) electrons. The number of nitrogens with one attached hydrogen (secondary N) is 1. The number of anilines is 1. The van der Waals surface area contributed by atoms with Gasteiger partial charge in [0.25, 0.3) is 5.91 Å². The van der Waals surface area contributed by atoms with Crippen molar-refractivity contribution < 1.29 is 14.0 Å². The molecule has 1 amide bonds. The number of halogens is 1. The van der Waals surface area contributed by atoms with Crippen molar-refractivity contribution in [3.8, 4) is 0 Å². The van der Waals surface area contributed by atoms with Gasteiger partial charge in [-0.25, -0.2) is 9.87 Å². The smallest absolute Gasteiger partial charge is 0.274 e. The van der Waals surface area contributed by atoms with Crippen molar-refractivity contribution in [3.63, 3.8) is 0 Å². The monoisotopic (exact) mass is 198 g/mol. The Kier molecular flexibility index (Phi) is 3.41. The molecule has 4 nitrogen and oxygen atoms in total. The molecular weight excluding hydrogens is 187 g/mol. The van der Waals surface area contributed by atoms with E-state index >= 15 is 0 Å². The Labute approximate surface area is 80.8 Å². The zero-order chi connectivity index (χ0) is 10.6. The van der Waals surface area contributed by atoms with Crippen molar-refractivity contribution in [1.29, 1.82) is 0 Å². The highest BCUT2D eigenvalue weighted by Gasteiger charge is 2.07. The molecule has 14 heavy (non-hydrogen) atoms. The topological polar surface area (TPSA) is 64.3 Å². The highest BCUT2D eigenvalue weighted by molar-refractivity contribution is 5.94. The highest BCUT2D eigenvalue weighted by Crippen LogP contribution is 2.11. The zero-order valence-electron chi connectivity index (χ0n) is 7.71. The molecule has 76 valence electrons. The molecular formula is C9H11FN2O2. The van der Waals surface area contributed by atoms with Gasteiger partial charge in [0.1, 0.15) is 5.82 Å². The van der Waals surface area contributed by atoms with Gasteiger partial charge in [-0.3, -0.25) is 9.63 Å². The minimum absolute atomic E-state index is 0.0610. The van der Waals surface area contributed by atoms with Crippen LogP contribution in [0.25, 0.3) is 0 Å². The Morgan fingerprint density at radius 2 is 2.36 bits per heavy atom. The average molecular weight is 198 g/mol. The van der Waals surface area contributed by atoms with Gasteiger partial charge in [-0.1, -0.05) is 0 Å². The van der Waals surface area contributed by atoms with E-state index in [1.165, 1.54) is 12.1 Å². The zero-order valence-corrected chi connectivity index (χ0v) is 7.71. The van der Waals surface area contributed by atoms with Gasteiger partial charge in [0.15, 0.2) is 0 Å². The third-order valence-corrected chi connectivity index (χ3v) is 1.57. The van der Waals surface area contributed by atoms with E-state index in [4.69, 9.17) is 5.73 Å². The van der Waals surface area contributed by atoms with Crippen LogP contribution in [0, 0.1) is 5.82 Å². The number of amides is 1. The lowest BCUT2D eigenvalue weighted by Gasteiger charge is -2.04. The SMILES string of the molecule is CCONC(=O)c1ccc(F)c(N)c1. The number of benzene rings is 1. The van der Waals surface area contributed by atoms with Gasteiger partial charge >= 0.3 is 0 Å². The number of nitrogen functional groups attached to an aromatic ring is 1. The summed E-state index contributed by atoms with van der Waals surface area (Å²) in [6.07, 6.45) is 0. The molecule has 0 aromatic heterocycles. The minimum Gasteiger partial charge on any atom is -0.396 e. The lowest BCUT2D eigenvalue weighted by Crippen LogP contribution is -2.23. The van der Waals surface area contributed by atoms with Gasteiger partial charge in [-0.2, -0.15) is 0 Å². The maximum absolute atomic E-state index is 12.7. The molecule has 0 spiro atoms. The van der Waals surface area contributed by atoms with Crippen LogP contribution in [0.15, 0.2) is 18.2 Å². The summed E-state index contributed by atoms with van der Waals surface area (Å²) in [6.45, 7) is 2.10. The summed E-state index contributed by atoms with van der Waals surface area (Å²) < 4.78 is 12.7. The predicted molar refractivity (Wildman–Crippen MR) is 49.9 cm³/mol. The van der Waals surface area contributed by atoms with E-state index < -0.39 is 11.7 Å². The molecule has 5 heteroatoms. The number of nitrogens with two attached hydrogens (primary N) is 1. The first-order valence-corrected chi connectivity index (χ1v) is 4.12. The quantitative estimate of drug-likeness (QED) is 0.564. The maximum Gasteiger partial charge on any atom is 0.274 e. The van der Waals surface area contributed by atoms with Crippen LogP contribution < -0.4 is 11.2 Å².